The van der Waals surface area contributed by atoms with Gasteiger partial charge in [-0.2, -0.15) is 0 Å². The van der Waals surface area contributed by atoms with Crippen LogP contribution < -0.4 is 15.5 Å². The predicted octanol–water partition coefficient (Wildman–Crippen LogP) is 1.06. The molecule has 0 aliphatic carbocycles. The SMILES string of the molecule is CC1CC2(CCNCC2)CN1c1ccc2c(c1)C(=O)N(C1CCC(=O)NC1=O)C2=O. The molecule has 3 fully saturated rings. The first kappa shape index (κ1) is 19.2. The van der Waals surface area contributed by atoms with Crippen LogP contribution in [0.5, 0.6) is 0 Å². The highest BCUT2D eigenvalue weighted by atomic mass is 16.2. The summed E-state index contributed by atoms with van der Waals surface area (Å²) < 4.78 is 0. The van der Waals surface area contributed by atoms with E-state index in [9.17, 15) is 19.2 Å². The lowest BCUT2D eigenvalue weighted by molar-refractivity contribution is -0.136. The Morgan fingerprint density at radius 2 is 1.77 bits per heavy atom. The smallest absolute Gasteiger partial charge is 0.262 e. The average molecular weight is 410 g/mol. The van der Waals surface area contributed by atoms with Crippen molar-refractivity contribution in [2.45, 2.75) is 51.1 Å². The number of nitrogens with one attached hydrogen (secondary N) is 2. The average Bonchev–Trinajstić information content (AvgIpc) is 3.16. The van der Waals surface area contributed by atoms with E-state index in [1.54, 1.807) is 12.1 Å². The van der Waals surface area contributed by atoms with Gasteiger partial charge in [-0.3, -0.25) is 29.4 Å². The summed E-state index contributed by atoms with van der Waals surface area (Å²) in [6.07, 6.45) is 3.72. The van der Waals surface area contributed by atoms with Crippen molar-refractivity contribution in [1.82, 2.24) is 15.5 Å². The molecule has 4 heterocycles. The van der Waals surface area contributed by atoms with E-state index < -0.39 is 23.8 Å². The van der Waals surface area contributed by atoms with E-state index in [1.165, 1.54) is 0 Å². The molecule has 8 heteroatoms. The zero-order valence-electron chi connectivity index (χ0n) is 17.1. The first-order valence-corrected chi connectivity index (χ1v) is 10.7. The predicted molar refractivity (Wildman–Crippen MR) is 109 cm³/mol. The summed E-state index contributed by atoms with van der Waals surface area (Å²) in [7, 11) is 0. The molecule has 4 aliphatic heterocycles. The second kappa shape index (κ2) is 6.91. The summed E-state index contributed by atoms with van der Waals surface area (Å²) in [5.74, 6) is -1.86. The summed E-state index contributed by atoms with van der Waals surface area (Å²) in [5.41, 5.74) is 1.93. The van der Waals surface area contributed by atoms with Crippen molar-refractivity contribution in [2.75, 3.05) is 24.5 Å². The molecule has 0 saturated carbocycles. The molecular formula is C22H26N4O4. The molecule has 1 aromatic rings. The van der Waals surface area contributed by atoms with Crippen LogP contribution in [0.4, 0.5) is 5.69 Å². The van der Waals surface area contributed by atoms with Crippen molar-refractivity contribution < 1.29 is 19.2 Å². The fourth-order valence-electron chi connectivity index (χ4n) is 5.62. The van der Waals surface area contributed by atoms with Gasteiger partial charge in [0.25, 0.3) is 11.8 Å². The van der Waals surface area contributed by atoms with E-state index in [0.29, 0.717) is 22.6 Å². The fourth-order valence-corrected chi connectivity index (χ4v) is 5.62. The van der Waals surface area contributed by atoms with E-state index in [1.807, 2.05) is 6.07 Å². The molecule has 2 unspecified atom stereocenters. The summed E-state index contributed by atoms with van der Waals surface area (Å²) in [6, 6.07) is 4.85. The van der Waals surface area contributed by atoms with Crippen LogP contribution in [-0.4, -0.2) is 60.2 Å². The zero-order chi connectivity index (χ0) is 21.0. The number of piperidine rings is 2. The molecular weight excluding hydrogens is 384 g/mol. The summed E-state index contributed by atoms with van der Waals surface area (Å²) >= 11 is 0. The Balaban J connectivity index is 1.41. The van der Waals surface area contributed by atoms with Crippen molar-refractivity contribution in [2.24, 2.45) is 5.41 Å². The minimum Gasteiger partial charge on any atom is -0.368 e. The molecule has 2 atom stereocenters. The molecule has 0 radical (unpaired) electrons. The molecule has 2 N–H and O–H groups in total. The summed E-state index contributed by atoms with van der Waals surface area (Å²) in [4.78, 5) is 53.0. The molecule has 5 rings (SSSR count). The maximum Gasteiger partial charge on any atom is 0.262 e. The fraction of sp³-hybridized carbons (Fsp3) is 0.545. The Bertz CT molecular complexity index is 952. The number of benzene rings is 1. The molecule has 4 aliphatic rings. The Labute approximate surface area is 175 Å². The number of imide groups is 2. The van der Waals surface area contributed by atoms with Crippen LogP contribution >= 0.6 is 0 Å². The topological polar surface area (TPSA) is 98.8 Å². The number of hydrogen-bond donors (Lipinski definition) is 2. The first-order valence-electron chi connectivity index (χ1n) is 10.7. The number of rotatable bonds is 2. The van der Waals surface area contributed by atoms with Crippen LogP contribution in [0.25, 0.3) is 0 Å². The minimum atomic E-state index is -0.928. The van der Waals surface area contributed by atoms with Crippen molar-refractivity contribution >= 4 is 29.3 Å². The molecule has 8 nitrogen and oxygen atoms in total. The summed E-state index contributed by atoms with van der Waals surface area (Å²) in [6.45, 7) is 5.25. The quantitative estimate of drug-likeness (QED) is 0.708. The van der Waals surface area contributed by atoms with Crippen LogP contribution in [0, 0.1) is 5.41 Å². The van der Waals surface area contributed by atoms with E-state index >= 15 is 0 Å². The maximum absolute atomic E-state index is 13.1. The second-order valence-corrected chi connectivity index (χ2v) is 9.11. The summed E-state index contributed by atoms with van der Waals surface area (Å²) in [5, 5.41) is 5.66. The minimum absolute atomic E-state index is 0.122. The number of nitrogens with zero attached hydrogens (tertiary/aromatic N) is 2. The van der Waals surface area contributed by atoms with Gasteiger partial charge in [-0.25, -0.2) is 0 Å². The molecule has 1 spiro atoms. The van der Waals surface area contributed by atoms with Gasteiger partial charge < -0.3 is 10.2 Å². The molecule has 158 valence electrons. The number of carbonyl (C=O) groups is 4. The van der Waals surface area contributed by atoms with Gasteiger partial charge >= 0.3 is 0 Å². The lowest BCUT2D eigenvalue weighted by Gasteiger charge is -2.34. The largest absolute Gasteiger partial charge is 0.368 e. The monoisotopic (exact) mass is 410 g/mol. The van der Waals surface area contributed by atoms with Crippen molar-refractivity contribution in [3.8, 4) is 0 Å². The molecule has 0 aromatic heterocycles. The van der Waals surface area contributed by atoms with Gasteiger partial charge in [0.1, 0.15) is 6.04 Å². The highest BCUT2D eigenvalue weighted by Gasteiger charge is 2.46. The highest BCUT2D eigenvalue weighted by molar-refractivity contribution is 6.23. The van der Waals surface area contributed by atoms with E-state index in [2.05, 4.69) is 22.5 Å². The van der Waals surface area contributed by atoms with Crippen LogP contribution in [-0.2, 0) is 9.59 Å². The standard InChI is InChI=1S/C22H26N4O4/c1-13-11-22(6-8-23-9-7-22)12-25(13)14-2-3-15-16(10-14)21(30)26(20(15)29)17-4-5-18(27)24-19(17)28/h2-3,10,13,17,23H,4-9,11-12H2,1H3,(H,24,27,28). The van der Waals surface area contributed by atoms with E-state index in [-0.39, 0.29) is 18.7 Å². The number of hydrogen-bond acceptors (Lipinski definition) is 6. The van der Waals surface area contributed by atoms with Gasteiger partial charge in [-0.15, -0.1) is 0 Å². The van der Waals surface area contributed by atoms with Gasteiger partial charge in [0.05, 0.1) is 11.1 Å². The molecule has 4 amide bonds. The third-order valence-corrected chi connectivity index (χ3v) is 7.19. The first-order chi connectivity index (χ1) is 14.4. The van der Waals surface area contributed by atoms with Gasteiger partial charge in [0.15, 0.2) is 0 Å². The van der Waals surface area contributed by atoms with E-state index in [0.717, 1.165) is 49.5 Å². The van der Waals surface area contributed by atoms with Gasteiger partial charge in [-0.05, 0) is 69.3 Å². The Kier molecular flexibility index (Phi) is 4.43. The number of carbonyl (C=O) groups excluding carboxylic acids is 4. The van der Waals surface area contributed by atoms with Crippen LogP contribution in [0.2, 0.25) is 0 Å². The Hall–Kier alpha value is -2.74. The van der Waals surface area contributed by atoms with Crippen molar-refractivity contribution in [3.63, 3.8) is 0 Å². The van der Waals surface area contributed by atoms with Crippen molar-refractivity contribution in [3.05, 3.63) is 29.3 Å². The van der Waals surface area contributed by atoms with Crippen LogP contribution in [0.15, 0.2) is 18.2 Å². The van der Waals surface area contributed by atoms with Gasteiger partial charge in [0.2, 0.25) is 11.8 Å². The normalized spacial score (nSPS) is 28.3. The second-order valence-electron chi connectivity index (χ2n) is 9.11. The third-order valence-electron chi connectivity index (χ3n) is 7.19. The molecule has 3 saturated heterocycles. The molecule has 30 heavy (non-hydrogen) atoms. The Morgan fingerprint density at radius 1 is 1.03 bits per heavy atom. The number of fused-ring (bicyclic) bond motifs is 1. The van der Waals surface area contributed by atoms with Gasteiger partial charge in [-0.1, -0.05) is 0 Å². The zero-order valence-corrected chi connectivity index (χ0v) is 17.1. The van der Waals surface area contributed by atoms with Crippen LogP contribution in [0.1, 0.15) is 59.7 Å². The van der Waals surface area contributed by atoms with Crippen molar-refractivity contribution in [1.29, 1.82) is 0 Å². The number of anilines is 1. The maximum atomic E-state index is 13.1. The molecule has 0 bridgehead atoms. The van der Waals surface area contributed by atoms with Gasteiger partial charge in [0, 0.05) is 24.7 Å². The number of amides is 4. The Morgan fingerprint density at radius 3 is 2.50 bits per heavy atom. The lowest BCUT2D eigenvalue weighted by atomic mass is 9.77. The van der Waals surface area contributed by atoms with Crippen LogP contribution in [0.3, 0.4) is 0 Å². The highest BCUT2D eigenvalue weighted by Crippen LogP contribution is 2.44. The molecule has 1 aromatic carbocycles. The third kappa shape index (κ3) is 2.93. The van der Waals surface area contributed by atoms with E-state index in [4.69, 9.17) is 0 Å². The lowest BCUT2D eigenvalue weighted by Crippen LogP contribution is -2.54.